The van der Waals surface area contributed by atoms with E-state index in [1.807, 2.05) is 31.1 Å². The second kappa shape index (κ2) is 7.01. The van der Waals surface area contributed by atoms with Gasteiger partial charge in [0, 0.05) is 14.1 Å². The van der Waals surface area contributed by atoms with E-state index in [4.69, 9.17) is 9.78 Å². The Morgan fingerprint density at radius 1 is 1.28 bits per heavy atom. The molecule has 100 valence electrons. The van der Waals surface area contributed by atoms with Crippen molar-refractivity contribution >= 4 is 11.7 Å². The number of anilines is 1. The van der Waals surface area contributed by atoms with Crippen molar-refractivity contribution in [1.29, 1.82) is 0 Å². The minimum Gasteiger partial charge on any atom is -0.377 e. The summed E-state index contributed by atoms with van der Waals surface area (Å²) in [4.78, 5) is 23.4. The number of nitrogens with zero attached hydrogens (tertiary/aromatic N) is 1. The first kappa shape index (κ1) is 14.5. The highest BCUT2D eigenvalue weighted by Gasteiger charge is 2.14. The average molecular weight is 251 g/mol. The Kier molecular flexibility index (Phi) is 5.65. The van der Waals surface area contributed by atoms with Gasteiger partial charge in [0.1, 0.15) is 0 Å². The van der Waals surface area contributed by atoms with E-state index < -0.39 is 5.97 Å². The Labute approximate surface area is 108 Å². The van der Waals surface area contributed by atoms with Crippen LogP contribution in [0.15, 0.2) is 24.3 Å². The highest BCUT2D eigenvalue weighted by molar-refractivity contribution is 5.95. The summed E-state index contributed by atoms with van der Waals surface area (Å²) in [5.41, 5.74) is 1.32. The van der Waals surface area contributed by atoms with Gasteiger partial charge in [0.25, 0.3) is 0 Å². The number of rotatable bonds is 6. The van der Waals surface area contributed by atoms with Gasteiger partial charge < -0.3 is 4.90 Å². The Balaban J connectivity index is 2.56. The van der Waals surface area contributed by atoms with Crippen LogP contribution in [0, 0.1) is 5.92 Å². The standard InChI is InChI=1S/C14H21NO3/c1-11(2)9-10-17-18-14(16)12-7-5-6-8-13(12)15(3)4/h5-8,11H,9-10H2,1-4H3. The second-order valence-corrected chi connectivity index (χ2v) is 4.79. The molecule has 0 fully saturated rings. The topological polar surface area (TPSA) is 38.8 Å². The fourth-order valence-corrected chi connectivity index (χ4v) is 1.46. The maximum absolute atomic E-state index is 11.8. The number of carbonyl (C=O) groups excluding carboxylic acids is 1. The van der Waals surface area contributed by atoms with Crippen LogP contribution in [0.4, 0.5) is 5.69 Å². The molecule has 0 aliphatic heterocycles. The van der Waals surface area contributed by atoms with E-state index in [1.165, 1.54) is 0 Å². The van der Waals surface area contributed by atoms with Crippen LogP contribution in [0.2, 0.25) is 0 Å². The van der Waals surface area contributed by atoms with Gasteiger partial charge in [-0.1, -0.05) is 26.0 Å². The van der Waals surface area contributed by atoms with Crippen molar-refractivity contribution < 1.29 is 14.6 Å². The maximum Gasteiger partial charge on any atom is 0.375 e. The summed E-state index contributed by atoms with van der Waals surface area (Å²) >= 11 is 0. The van der Waals surface area contributed by atoms with Crippen LogP contribution in [0.3, 0.4) is 0 Å². The normalized spacial score (nSPS) is 10.5. The molecule has 0 amide bonds. The van der Waals surface area contributed by atoms with Gasteiger partial charge >= 0.3 is 5.97 Å². The van der Waals surface area contributed by atoms with Gasteiger partial charge in [0.15, 0.2) is 0 Å². The van der Waals surface area contributed by atoms with Gasteiger partial charge in [0.2, 0.25) is 0 Å². The van der Waals surface area contributed by atoms with Gasteiger partial charge in [-0.05, 0) is 24.5 Å². The molecule has 4 nitrogen and oxygen atoms in total. The lowest BCUT2D eigenvalue weighted by molar-refractivity contribution is -0.242. The van der Waals surface area contributed by atoms with E-state index in [9.17, 15) is 4.79 Å². The van der Waals surface area contributed by atoms with Crippen LogP contribution >= 0.6 is 0 Å². The maximum atomic E-state index is 11.8. The number of hydrogen-bond acceptors (Lipinski definition) is 4. The average Bonchev–Trinajstić information content (AvgIpc) is 2.34. The highest BCUT2D eigenvalue weighted by atomic mass is 17.2. The van der Waals surface area contributed by atoms with Gasteiger partial charge in [0.05, 0.1) is 17.9 Å². The van der Waals surface area contributed by atoms with Crippen LogP contribution in [0.5, 0.6) is 0 Å². The molecule has 0 saturated heterocycles. The molecule has 1 aromatic carbocycles. The predicted molar refractivity (Wildman–Crippen MR) is 71.6 cm³/mol. The Hall–Kier alpha value is -1.55. The number of para-hydroxylation sites is 1. The van der Waals surface area contributed by atoms with Crippen molar-refractivity contribution in [3.63, 3.8) is 0 Å². The van der Waals surface area contributed by atoms with Crippen molar-refractivity contribution in [3.05, 3.63) is 29.8 Å². The van der Waals surface area contributed by atoms with Crippen LogP contribution in [0.1, 0.15) is 30.6 Å². The van der Waals surface area contributed by atoms with E-state index in [1.54, 1.807) is 12.1 Å². The number of carbonyl (C=O) groups is 1. The zero-order chi connectivity index (χ0) is 13.5. The van der Waals surface area contributed by atoms with Crippen molar-refractivity contribution in [3.8, 4) is 0 Å². The minimum atomic E-state index is -0.456. The smallest absolute Gasteiger partial charge is 0.375 e. The molecular formula is C14H21NO3. The minimum absolute atomic E-state index is 0.424. The third kappa shape index (κ3) is 4.37. The summed E-state index contributed by atoms with van der Waals surface area (Å²) in [5.74, 6) is 0.0702. The fourth-order valence-electron chi connectivity index (χ4n) is 1.46. The largest absolute Gasteiger partial charge is 0.377 e. The van der Waals surface area contributed by atoms with Gasteiger partial charge in [-0.25, -0.2) is 4.79 Å². The van der Waals surface area contributed by atoms with Crippen molar-refractivity contribution in [2.75, 3.05) is 25.6 Å². The molecule has 0 unspecified atom stereocenters. The van der Waals surface area contributed by atoms with E-state index in [0.717, 1.165) is 12.1 Å². The third-order valence-corrected chi connectivity index (χ3v) is 2.52. The Morgan fingerprint density at radius 3 is 2.56 bits per heavy atom. The van der Waals surface area contributed by atoms with Crippen LogP contribution in [-0.4, -0.2) is 26.7 Å². The lowest BCUT2D eigenvalue weighted by atomic mass is 10.1. The van der Waals surface area contributed by atoms with E-state index in [2.05, 4.69) is 13.8 Å². The quantitative estimate of drug-likeness (QED) is 0.443. The zero-order valence-electron chi connectivity index (χ0n) is 11.5. The van der Waals surface area contributed by atoms with Gasteiger partial charge in [-0.15, -0.1) is 0 Å². The molecule has 0 spiro atoms. The van der Waals surface area contributed by atoms with E-state index in [-0.39, 0.29) is 0 Å². The van der Waals surface area contributed by atoms with Crippen LogP contribution in [-0.2, 0) is 9.78 Å². The van der Waals surface area contributed by atoms with Crippen molar-refractivity contribution in [2.45, 2.75) is 20.3 Å². The fraction of sp³-hybridized carbons (Fsp3) is 0.500. The van der Waals surface area contributed by atoms with Crippen LogP contribution in [0.25, 0.3) is 0 Å². The van der Waals surface area contributed by atoms with Crippen molar-refractivity contribution in [1.82, 2.24) is 0 Å². The first-order valence-electron chi connectivity index (χ1n) is 6.12. The molecule has 0 N–H and O–H groups in total. The molecule has 1 aromatic rings. The highest BCUT2D eigenvalue weighted by Crippen LogP contribution is 2.18. The third-order valence-electron chi connectivity index (χ3n) is 2.52. The first-order chi connectivity index (χ1) is 8.52. The second-order valence-electron chi connectivity index (χ2n) is 4.79. The molecular weight excluding hydrogens is 230 g/mol. The summed E-state index contributed by atoms with van der Waals surface area (Å²) in [6.45, 7) is 4.60. The van der Waals surface area contributed by atoms with Crippen LogP contribution < -0.4 is 4.90 Å². The molecule has 0 radical (unpaired) electrons. The SMILES string of the molecule is CC(C)CCOOC(=O)c1ccccc1N(C)C. The molecule has 18 heavy (non-hydrogen) atoms. The number of hydrogen-bond donors (Lipinski definition) is 0. The monoisotopic (exact) mass is 251 g/mol. The summed E-state index contributed by atoms with van der Waals surface area (Å²) in [5, 5.41) is 0. The first-order valence-corrected chi connectivity index (χ1v) is 6.12. The number of benzene rings is 1. The van der Waals surface area contributed by atoms with E-state index >= 15 is 0 Å². The summed E-state index contributed by atoms with van der Waals surface area (Å²) < 4.78 is 0. The summed E-state index contributed by atoms with van der Waals surface area (Å²) in [6.07, 6.45) is 0.864. The van der Waals surface area contributed by atoms with Gasteiger partial charge in [-0.2, -0.15) is 4.89 Å². The lowest BCUT2D eigenvalue weighted by Gasteiger charge is -2.15. The molecule has 0 bridgehead atoms. The molecule has 4 heteroatoms. The molecule has 0 aliphatic carbocycles. The predicted octanol–water partition coefficient (Wildman–Crippen LogP) is 2.89. The summed E-state index contributed by atoms with van der Waals surface area (Å²) in [6, 6.07) is 7.28. The van der Waals surface area contributed by atoms with Gasteiger partial charge in [-0.3, -0.25) is 4.89 Å². The molecule has 0 aliphatic rings. The Morgan fingerprint density at radius 2 is 1.94 bits per heavy atom. The molecule has 0 aromatic heterocycles. The molecule has 0 saturated carbocycles. The Bertz CT molecular complexity index is 388. The lowest BCUT2D eigenvalue weighted by Crippen LogP contribution is -2.15. The molecule has 0 heterocycles. The van der Waals surface area contributed by atoms with Crippen molar-refractivity contribution in [2.24, 2.45) is 5.92 Å². The molecule has 1 rings (SSSR count). The summed E-state index contributed by atoms with van der Waals surface area (Å²) in [7, 11) is 3.76. The van der Waals surface area contributed by atoms with E-state index in [0.29, 0.717) is 18.1 Å². The molecule has 0 atom stereocenters. The zero-order valence-corrected chi connectivity index (χ0v) is 11.5.